The van der Waals surface area contributed by atoms with Gasteiger partial charge in [0.2, 0.25) is 0 Å². The highest BCUT2D eigenvalue weighted by atomic mass is 31.1. The highest BCUT2D eigenvalue weighted by Crippen LogP contribution is 2.08. The monoisotopic (exact) mass is 191 g/mol. The van der Waals surface area contributed by atoms with E-state index in [1.807, 2.05) is 20.9 Å². The third kappa shape index (κ3) is 10.1. The van der Waals surface area contributed by atoms with Crippen molar-refractivity contribution in [2.75, 3.05) is 13.7 Å². The van der Waals surface area contributed by atoms with Crippen LogP contribution in [0.25, 0.3) is 0 Å². The SMILES string of the molecule is C=POCCC(C)(C)NC.CC. The van der Waals surface area contributed by atoms with Crippen LogP contribution in [0.4, 0.5) is 0 Å². The Labute approximate surface area is 78.6 Å². The first kappa shape index (κ1) is 14.6. The number of rotatable bonds is 5. The second-order valence-corrected chi connectivity index (χ2v) is 3.36. The zero-order valence-corrected chi connectivity index (χ0v) is 9.87. The zero-order valence-electron chi connectivity index (χ0n) is 8.98. The molecule has 0 atom stereocenters. The van der Waals surface area contributed by atoms with E-state index < -0.39 is 0 Å². The van der Waals surface area contributed by atoms with Crippen molar-refractivity contribution >= 4 is 14.7 Å². The lowest BCUT2D eigenvalue weighted by atomic mass is 10.0. The Balaban J connectivity index is 0. The Bertz CT molecular complexity index is 105. The third-order valence-corrected chi connectivity index (χ3v) is 1.95. The van der Waals surface area contributed by atoms with Gasteiger partial charge >= 0.3 is 0 Å². The molecule has 0 amide bonds. The van der Waals surface area contributed by atoms with E-state index in [0.29, 0.717) is 0 Å². The summed E-state index contributed by atoms with van der Waals surface area (Å²) in [5.41, 5.74) is 0.185. The second kappa shape index (κ2) is 9.18. The Hall–Kier alpha value is 0.0900. The molecule has 0 radical (unpaired) electrons. The molecule has 0 rings (SSSR count). The zero-order chi connectivity index (χ0) is 10.0. The van der Waals surface area contributed by atoms with Gasteiger partial charge in [-0.05, 0) is 33.6 Å². The summed E-state index contributed by atoms with van der Waals surface area (Å²) >= 11 is 0. The van der Waals surface area contributed by atoms with E-state index in [1.165, 1.54) is 0 Å². The van der Waals surface area contributed by atoms with Gasteiger partial charge in [0, 0.05) is 14.0 Å². The fraction of sp³-hybridized carbons (Fsp3) is 0.889. The topological polar surface area (TPSA) is 21.3 Å². The molecule has 74 valence electrons. The largest absolute Gasteiger partial charge is 0.327 e. The van der Waals surface area contributed by atoms with Crippen LogP contribution in [0.15, 0.2) is 0 Å². The molecule has 0 heterocycles. The Morgan fingerprint density at radius 3 is 2.25 bits per heavy atom. The highest BCUT2D eigenvalue weighted by Gasteiger charge is 2.12. The van der Waals surface area contributed by atoms with Gasteiger partial charge in [0.25, 0.3) is 0 Å². The van der Waals surface area contributed by atoms with Crippen molar-refractivity contribution in [3.63, 3.8) is 0 Å². The first-order valence-electron chi connectivity index (χ1n) is 4.39. The minimum absolute atomic E-state index is 0.185. The van der Waals surface area contributed by atoms with Crippen LogP contribution in [0.5, 0.6) is 0 Å². The molecule has 0 bridgehead atoms. The lowest BCUT2D eigenvalue weighted by molar-refractivity contribution is 0.284. The van der Waals surface area contributed by atoms with Crippen molar-refractivity contribution in [1.29, 1.82) is 0 Å². The van der Waals surface area contributed by atoms with Gasteiger partial charge in [-0.3, -0.25) is 0 Å². The molecule has 0 aromatic rings. The molecule has 0 unspecified atom stereocenters. The Kier molecular flexibility index (Phi) is 11.2. The van der Waals surface area contributed by atoms with Crippen molar-refractivity contribution in [2.45, 2.75) is 39.7 Å². The van der Waals surface area contributed by atoms with Crippen LogP contribution in [0.3, 0.4) is 0 Å². The van der Waals surface area contributed by atoms with Crippen LogP contribution in [0.2, 0.25) is 0 Å². The summed E-state index contributed by atoms with van der Waals surface area (Å²) in [5, 5.41) is 3.20. The number of hydrogen-bond donors (Lipinski definition) is 1. The van der Waals surface area contributed by atoms with Crippen LogP contribution in [0, 0.1) is 0 Å². The minimum Gasteiger partial charge on any atom is -0.327 e. The van der Waals surface area contributed by atoms with E-state index in [1.54, 1.807) is 0 Å². The van der Waals surface area contributed by atoms with Crippen LogP contribution in [0.1, 0.15) is 34.1 Å². The summed E-state index contributed by atoms with van der Waals surface area (Å²) in [7, 11) is 2.73. The van der Waals surface area contributed by atoms with Crippen LogP contribution in [-0.2, 0) is 4.52 Å². The molecule has 3 heteroatoms. The molecule has 0 aromatic heterocycles. The van der Waals surface area contributed by atoms with Gasteiger partial charge < -0.3 is 9.84 Å². The molecule has 0 spiro atoms. The average molecular weight is 191 g/mol. The minimum atomic E-state index is 0.185. The molecule has 0 saturated heterocycles. The molecule has 0 saturated carbocycles. The molecule has 2 nitrogen and oxygen atoms in total. The third-order valence-electron chi connectivity index (χ3n) is 1.59. The summed E-state index contributed by atoms with van der Waals surface area (Å²) in [6.45, 7) is 9.07. The Morgan fingerprint density at radius 1 is 1.42 bits per heavy atom. The summed E-state index contributed by atoms with van der Waals surface area (Å²) in [5.74, 6) is 0. The number of hydrogen-bond acceptors (Lipinski definition) is 2. The maximum absolute atomic E-state index is 5.09. The van der Waals surface area contributed by atoms with Crippen LogP contribution in [-0.4, -0.2) is 25.5 Å². The van der Waals surface area contributed by atoms with Gasteiger partial charge in [0.05, 0.1) is 6.61 Å². The summed E-state index contributed by atoms with van der Waals surface area (Å²) in [6.07, 6.45) is 4.58. The van der Waals surface area contributed by atoms with Crippen molar-refractivity contribution in [1.82, 2.24) is 5.32 Å². The quantitative estimate of drug-likeness (QED) is 0.533. The summed E-state index contributed by atoms with van der Waals surface area (Å²) in [4.78, 5) is 0. The van der Waals surface area contributed by atoms with E-state index >= 15 is 0 Å². The van der Waals surface area contributed by atoms with Crippen molar-refractivity contribution < 1.29 is 4.52 Å². The lowest BCUT2D eigenvalue weighted by Gasteiger charge is -2.22. The summed E-state index contributed by atoms with van der Waals surface area (Å²) < 4.78 is 5.09. The molecule has 1 N–H and O–H groups in total. The van der Waals surface area contributed by atoms with Gasteiger partial charge in [-0.25, -0.2) is 0 Å². The average Bonchev–Trinajstić information content (AvgIpc) is 2.09. The van der Waals surface area contributed by atoms with E-state index in [-0.39, 0.29) is 5.54 Å². The van der Waals surface area contributed by atoms with Crippen molar-refractivity contribution in [3.8, 4) is 0 Å². The van der Waals surface area contributed by atoms with E-state index in [2.05, 4.69) is 25.5 Å². The maximum Gasteiger partial charge on any atom is 0.0592 e. The van der Waals surface area contributed by atoms with Crippen LogP contribution >= 0.6 is 8.43 Å². The summed E-state index contributed by atoms with van der Waals surface area (Å²) in [6, 6.07) is 0. The van der Waals surface area contributed by atoms with Crippen molar-refractivity contribution in [2.24, 2.45) is 0 Å². The molecular weight excluding hydrogens is 169 g/mol. The predicted octanol–water partition coefficient (Wildman–Crippen LogP) is 2.71. The predicted molar refractivity (Wildman–Crippen MR) is 59.1 cm³/mol. The van der Waals surface area contributed by atoms with E-state index in [9.17, 15) is 0 Å². The Morgan fingerprint density at radius 2 is 1.92 bits per heavy atom. The van der Waals surface area contributed by atoms with Gasteiger partial charge in [-0.2, -0.15) is 0 Å². The van der Waals surface area contributed by atoms with Crippen LogP contribution < -0.4 is 5.32 Å². The fourth-order valence-corrected chi connectivity index (χ4v) is 0.711. The molecule has 0 aliphatic rings. The van der Waals surface area contributed by atoms with Gasteiger partial charge in [-0.15, -0.1) is 0 Å². The molecular formula is C9H22NOP. The van der Waals surface area contributed by atoms with E-state index in [4.69, 9.17) is 4.52 Å². The lowest BCUT2D eigenvalue weighted by Crippen LogP contribution is -2.36. The van der Waals surface area contributed by atoms with E-state index in [0.717, 1.165) is 21.5 Å². The smallest absolute Gasteiger partial charge is 0.0592 e. The first-order valence-corrected chi connectivity index (χ1v) is 5.39. The standard InChI is InChI=1S/C7H16NOP.C2H6/c1-7(2,8-3)5-6-9-10-4;1-2/h8H,4-6H2,1-3H3;1-2H3. The molecule has 0 aromatic carbocycles. The molecule has 0 fully saturated rings. The van der Waals surface area contributed by atoms with Gasteiger partial charge in [0.1, 0.15) is 0 Å². The normalized spacial score (nSPS) is 10.8. The molecule has 12 heavy (non-hydrogen) atoms. The molecule has 0 aliphatic carbocycles. The van der Waals surface area contributed by atoms with Crippen molar-refractivity contribution in [3.05, 3.63) is 0 Å². The maximum atomic E-state index is 5.09. The van der Waals surface area contributed by atoms with Gasteiger partial charge in [0.15, 0.2) is 0 Å². The highest BCUT2D eigenvalue weighted by molar-refractivity contribution is 7.30. The number of nitrogens with one attached hydrogen (secondary N) is 1. The molecule has 0 aliphatic heterocycles. The second-order valence-electron chi connectivity index (χ2n) is 2.85. The fourth-order valence-electron chi connectivity index (χ4n) is 0.490. The van der Waals surface area contributed by atoms with Gasteiger partial charge in [-0.1, -0.05) is 13.8 Å². The first-order chi connectivity index (χ1) is 5.62.